The number of carbonyl (C=O) groups is 1. The molecule has 0 aliphatic rings. The molecule has 2 aromatic heterocycles. The first kappa shape index (κ1) is 21.3. The molecular formula is C25H20FN5O3. The van der Waals surface area contributed by atoms with Crippen LogP contribution in [0.3, 0.4) is 0 Å². The molecule has 5 rings (SSSR count). The zero-order valence-electron chi connectivity index (χ0n) is 18.2. The van der Waals surface area contributed by atoms with Crippen molar-refractivity contribution in [1.29, 1.82) is 0 Å². The van der Waals surface area contributed by atoms with Gasteiger partial charge in [-0.1, -0.05) is 42.5 Å². The second-order valence-electron chi connectivity index (χ2n) is 7.82. The van der Waals surface area contributed by atoms with E-state index in [9.17, 15) is 14.7 Å². The Balaban J connectivity index is 1.53. The van der Waals surface area contributed by atoms with Crippen LogP contribution in [0.15, 0.2) is 65.5 Å². The standard InChI is InChI=1S/C25H20FN5O3/c1-2-31(25(33)34)24-27-19-11-10-14(12-21(19)28-24)16-9-5-6-15(22(16)26)13-20-17-7-3-4-8-18(17)23(32)30-29-20/h3-12H,2,13H2,1H3,(H,27,28)(H,30,32)(H,33,34). The topological polar surface area (TPSA) is 115 Å². The van der Waals surface area contributed by atoms with E-state index in [1.54, 1.807) is 61.5 Å². The lowest BCUT2D eigenvalue weighted by atomic mass is 9.98. The number of aromatic amines is 2. The first-order valence-corrected chi connectivity index (χ1v) is 10.7. The second kappa shape index (κ2) is 8.43. The Labute approximate surface area is 192 Å². The van der Waals surface area contributed by atoms with Crippen molar-refractivity contribution >= 4 is 33.8 Å². The zero-order valence-corrected chi connectivity index (χ0v) is 18.2. The molecule has 0 saturated heterocycles. The van der Waals surface area contributed by atoms with Crippen molar-refractivity contribution in [1.82, 2.24) is 20.2 Å². The molecule has 0 radical (unpaired) electrons. The van der Waals surface area contributed by atoms with E-state index in [1.807, 2.05) is 6.07 Å². The second-order valence-corrected chi connectivity index (χ2v) is 7.82. The number of anilines is 1. The SMILES string of the molecule is CCN(C(=O)O)c1nc2ccc(-c3cccc(Cc4n[nH]c(=O)c5ccccc45)c3F)cc2[nH]1. The number of benzene rings is 3. The van der Waals surface area contributed by atoms with Crippen LogP contribution in [0.1, 0.15) is 18.2 Å². The number of amides is 1. The molecule has 0 fully saturated rings. The molecule has 3 aromatic carbocycles. The molecule has 170 valence electrons. The smallest absolute Gasteiger partial charge is 0.414 e. The van der Waals surface area contributed by atoms with Gasteiger partial charge in [-0.3, -0.25) is 4.79 Å². The number of imidazole rings is 1. The predicted molar refractivity (Wildman–Crippen MR) is 128 cm³/mol. The minimum Gasteiger partial charge on any atom is -0.465 e. The normalized spacial score (nSPS) is 11.2. The molecule has 34 heavy (non-hydrogen) atoms. The van der Waals surface area contributed by atoms with Crippen LogP contribution in [0.2, 0.25) is 0 Å². The molecule has 0 saturated carbocycles. The fourth-order valence-electron chi connectivity index (χ4n) is 4.09. The molecule has 3 N–H and O–H groups in total. The molecule has 2 heterocycles. The lowest BCUT2D eigenvalue weighted by Crippen LogP contribution is -2.29. The van der Waals surface area contributed by atoms with Crippen LogP contribution < -0.4 is 10.5 Å². The summed E-state index contributed by atoms with van der Waals surface area (Å²) < 4.78 is 15.6. The van der Waals surface area contributed by atoms with Crippen LogP contribution in [0.5, 0.6) is 0 Å². The average molecular weight is 457 g/mol. The maximum Gasteiger partial charge on any atom is 0.414 e. The van der Waals surface area contributed by atoms with Gasteiger partial charge in [-0.25, -0.2) is 24.2 Å². The largest absolute Gasteiger partial charge is 0.465 e. The number of hydrogen-bond acceptors (Lipinski definition) is 4. The minimum absolute atomic E-state index is 0.206. The molecule has 0 unspecified atom stereocenters. The highest BCUT2D eigenvalue weighted by Crippen LogP contribution is 2.30. The van der Waals surface area contributed by atoms with Gasteiger partial charge in [-0.2, -0.15) is 5.10 Å². The Morgan fingerprint density at radius 1 is 1.09 bits per heavy atom. The first-order valence-electron chi connectivity index (χ1n) is 10.7. The highest BCUT2D eigenvalue weighted by atomic mass is 19.1. The fourth-order valence-corrected chi connectivity index (χ4v) is 4.09. The number of aromatic nitrogens is 4. The van der Waals surface area contributed by atoms with Gasteiger partial charge in [0.25, 0.3) is 5.56 Å². The summed E-state index contributed by atoms with van der Waals surface area (Å²) in [6, 6.07) is 17.5. The number of rotatable bonds is 5. The number of H-pyrrole nitrogens is 2. The Morgan fingerprint density at radius 2 is 1.88 bits per heavy atom. The van der Waals surface area contributed by atoms with Gasteiger partial charge >= 0.3 is 6.09 Å². The molecule has 8 nitrogen and oxygen atoms in total. The Kier molecular flexibility index (Phi) is 5.29. The van der Waals surface area contributed by atoms with Crippen LogP contribution in [0.4, 0.5) is 15.1 Å². The number of hydrogen-bond donors (Lipinski definition) is 3. The number of fused-ring (bicyclic) bond motifs is 2. The highest BCUT2D eigenvalue weighted by molar-refractivity contribution is 5.89. The lowest BCUT2D eigenvalue weighted by Gasteiger charge is -2.12. The molecule has 0 atom stereocenters. The van der Waals surface area contributed by atoms with E-state index in [2.05, 4.69) is 20.2 Å². The van der Waals surface area contributed by atoms with Crippen LogP contribution in [-0.4, -0.2) is 37.9 Å². The maximum atomic E-state index is 15.6. The summed E-state index contributed by atoms with van der Waals surface area (Å²) in [5.74, 6) is -0.174. The van der Waals surface area contributed by atoms with Crippen LogP contribution in [0, 0.1) is 5.82 Å². The van der Waals surface area contributed by atoms with E-state index in [1.165, 1.54) is 0 Å². The van der Waals surface area contributed by atoms with Crippen molar-refractivity contribution < 1.29 is 14.3 Å². The molecule has 0 bridgehead atoms. The van der Waals surface area contributed by atoms with Crippen LogP contribution >= 0.6 is 0 Å². The van der Waals surface area contributed by atoms with E-state index in [-0.39, 0.29) is 30.3 Å². The average Bonchev–Trinajstić information content (AvgIpc) is 3.25. The summed E-state index contributed by atoms with van der Waals surface area (Å²) in [5.41, 5.74) is 2.94. The Bertz CT molecular complexity index is 1610. The van der Waals surface area contributed by atoms with Crippen LogP contribution in [0.25, 0.3) is 32.9 Å². The summed E-state index contributed by atoms with van der Waals surface area (Å²) in [6.07, 6.45) is -0.902. The zero-order chi connectivity index (χ0) is 23.8. The predicted octanol–water partition coefficient (Wildman–Crippen LogP) is 4.70. The minimum atomic E-state index is -1.11. The van der Waals surface area contributed by atoms with Crippen molar-refractivity contribution in [3.05, 3.63) is 88.1 Å². The van der Waals surface area contributed by atoms with E-state index >= 15 is 4.39 Å². The van der Waals surface area contributed by atoms with Crippen molar-refractivity contribution in [2.24, 2.45) is 0 Å². The molecule has 0 spiro atoms. The Morgan fingerprint density at radius 3 is 2.65 bits per heavy atom. The molecule has 1 amide bonds. The van der Waals surface area contributed by atoms with Crippen LogP contribution in [-0.2, 0) is 6.42 Å². The molecular weight excluding hydrogens is 437 g/mol. The summed E-state index contributed by atoms with van der Waals surface area (Å²) in [7, 11) is 0. The fraction of sp³-hybridized carbons (Fsp3) is 0.120. The lowest BCUT2D eigenvalue weighted by molar-refractivity contribution is 0.202. The monoisotopic (exact) mass is 457 g/mol. The number of nitrogens with zero attached hydrogens (tertiary/aromatic N) is 3. The van der Waals surface area contributed by atoms with Gasteiger partial charge in [-0.05, 0) is 36.2 Å². The van der Waals surface area contributed by atoms with E-state index in [4.69, 9.17) is 0 Å². The quantitative estimate of drug-likeness (QED) is 0.354. The van der Waals surface area contributed by atoms with E-state index < -0.39 is 6.09 Å². The summed E-state index contributed by atoms with van der Waals surface area (Å²) >= 11 is 0. The third-order valence-corrected chi connectivity index (χ3v) is 5.79. The van der Waals surface area contributed by atoms with Gasteiger partial charge in [0.05, 0.1) is 22.1 Å². The highest BCUT2D eigenvalue weighted by Gasteiger charge is 2.18. The summed E-state index contributed by atoms with van der Waals surface area (Å²) in [6.45, 7) is 1.96. The Hall–Kier alpha value is -4.53. The van der Waals surface area contributed by atoms with Crippen molar-refractivity contribution in [3.63, 3.8) is 0 Å². The number of nitrogens with one attached hydrogen (secondary N) is 2. The summed E-state index contributed by atoms with van der Waals surface area (Å²) in [4.78, 5) is 31.9. The maximum absolute atomic E-state index is 15.6. The molecule has 9 heteroatoms. The van der Waals surface area contributed by atoms with E-state index in [0.29, 0.717) is 44.2 Å². The van der Waals surface area contributed by atoms with Gasteiger partial charge in [-0.15, -0.1) is 0 Å². The molecule has 0 aliphatic carbocycles. The van der Waals surface area contributed by atoms with Gasteiger partial charge in [0.2, 0.25) is 5.95 Å². The molecule has 5 aromatic rings. The van der Waals surface area contributed by atoms with Crippen molar-refractivity contribution in [2.75, 3.05) is 11.4 Å². The van der Waals surface area contributed by atoms with Gasteiger partial charge in [0.15, 0.2) is 0 Å². The molecule has 0 aliphatic heterocycles. The van der Waals surface area contributed by atoms with Gasteiger partial charge < -0.3 is 10.1 Å². The number of halogens is 1. The van der Waals surface area contributed by atoms with Crippen molar-refractivity contribution in [3.8, 4) is 11.1 Å². The number of carboxylic acid groups (broad SMARTS) is 1. The third kappa shape index (κ3) is 3.66. The summed E-state index contributed by atoms with van der Waals surface area (Å²) in [5, 5.41) is 17.2. The third-order valence-electron chi connectivity index (χ3n) is 5.79. The first-order chi connectivity index (χ1) is 16.5. The van der Waals surface area contributed by atoms with Gasteiger partial charge in [0.1, 0.15) is 5.82 Å². The van der Waals surface area contributed by atoms with Crippen molar-refractivity contribution in [2.45, 2.75) is 13.3 Å². The van der Waals surface area contributed by atoms with Gasteiger partial charge in [0, 0.05) is 23.9 Å². The van der Waals surface area contributed by atoms with E-state index in [0.717, 1.165) is 4.90 Å².